The van der Waals surface area contributed by atoms with Crippen LogP contribution in [0.15, 0.2) is 29.3 Å². The van der Waals surface area contributed by atoms with Crippen molar-refractivity contribution in [3.63, 3.8) is 0 Å². The van der Waals surface area contributed by atoms with Gasteiger partial charge in [0.05, 0.1) is 12.6 Å². The minimum atomic E-state index is -0.129. The van der Waals surface area contributed by atoms with Crippen LogP contribution >= 0.6 is 11.8 Å². The first-order valence-corrected chi connectivity index (χ1v) is 7.31. The minimum absolute atomic E-state index is 0.129. The number of amidine groups is 1. The number of nitrogens with zero attached hydrogens (tertiary/aromatic N) is 1. The Morgan fingerprint density at radius 2 is 2.11 bits per heavy atom. The summed E-state index contributed by atoms with van der Waals surface area (Å²) in [6.45, 7) is 2.19. The molecule has 0 spiro atoms. The van der Waals surface area contributed by atoms with Gasteiger partial charge in [-0.05, 0) is 30.5 Å². The molecule has 0 radical (unpaired) electrons. The second-order valence-electron chi connectivity index (χ2n) is 4.56. The maximum absolute atomic E-state index is 5.92. The van der Waals surface area contributed by atoms with Gasteiger partial charge in [0.25, 0.3) is 0 Å². The Balaban J connectivity index is 2.36. The molecule has 0 saturated carbocycles. The number of aliphatic imine (C=N–C) groups is 1. The van der Waals surface area contributed by atoms with E-state index in [1.54, 1.807) is 18.9 Å². The first-order valence-electron chi connectivity index (χ1n) is 6.33. The van der Waals surface area contributed by atoms with E-state index in [-0.39, 0.29) is 5.54 Å². The smallest absolute Gasteiger partial charge is 0.154 e. The third kappa shape index (κ3) is 2.64. The summed E-state index contributed by atoms with van der Waals surface area (Å²) in [6, 6.07) is 8.23. The van der Waals surface area contributed by atoms with E-state index >= 15 is 0 Å². The van der Waals surface area contributed by atoms with E-state index in [1.807, 2.05) is 12.1 Å². The van der Waals surface area contributed by atoms with E-state index < -0.39 is 0 Å². The standard InChI is InChI=1S/C14H20N2OS/c1-3-8-14(9-10-18-13(15)16-14)11-4-6-12(17-2)7-5-11/h4-7H,3,8-10H2,1-2H3,(H2,15,16)/t14-/m1/s1. The highest BCUT2D eigenvalue weighted by Crippen LogP contribution is 2.39. The minimum Gasteiger partial charge on any atom is -0.497 e. The summed E-state index contributed by atoms with van der Waals surface area (Å²) in [5.41, 5.74) is 7.04. The third-order valence-electron chi connectivity index (χ3n) is 3.38. The molecule has 2 rings (SSSR count). The van der Waals surface area contributed by atoms with E-state index in [1.165, 1.54) is 5.56 Å². The zero-order valence-electron chi connectivity index (χ0n) is 11.0. The summed E-state index contributed by atoms with van der Waals surface area (Å²) in [5, 5.41) is 0.713. The van der Waals surface area contributed by atoms with Crippen molar-refractivity contribution in [2.45, 2.75) is 31.7 Å². The first kappa shape index (κ1) is 13.3. The van der Waals surface area contributed by atoms with Crippen LogP contribution in [0.2, 0.25) is 0 Å². The van der Waals surface area contributed by atoms with E-state index in [2.05, 4.69) is 19.1 Å². The summed E-state index contributed by atoms with van der Waals surface area (Å²) in [6.07, 6.45) is 3.20. The zero-order chi connectivity index (χ0) is 13.0. The van der Waals surface area contributed by atoms with Crippen LogP contribution < -0.4 is 10.5 Å². The summed E-state index contributed by atoms with van der Waals surface area (Å²) >= 11 is 1.65. The van der Waals surface area contributed by atoms with E-state index in [4.69, 9.17) is 15.5 Å². The second-order valence-corrected chi connectivity index (χ2v) is 5.67. The van der Waals surface area contributed by atoms with Crippen molar-refractivity contribution in [2.24, 2.45) is 10.7 Å². The SMILES string of the molecule is CCC[C@]1(c2ccc(OC)cc2)CCSC(N)=N1. The molecule has 3 nitrogen and oxygen atoms in total. The molecule has 0 bridgehead atoms. The molecule has 1 aromatic carbocycles. The summed E-state index contributed by atoms with van der Waals surface area (Å²) in [7, 11) is 1.68. The first-order chi connectivity index (χ1) is 8.70. The average Bonchev–Trinajstić information content (AvgIpc) is 2.39. The molecular formula is C14H20N2OS. The van der Waals surface area contributed by atoms with Crippen molar-refractivity contribution in [1.82, 2.24) is 0 Å². The molecule has 0 fully saturated rings. The molecular weight excluding hydrogens is 244 g/mol. The molecule has 18 heavy (non-hydrogen) atoms. The Morgan fingerprint density at radius 1 is 1.39 bits per heavy atom. The van der Waals surface area contributed by atoms with Crippen LogP contribution in [-0.4, -0.2) is 18.0 Å². The second kappa shape index (κ2) is 5.65. The lowest BCUT2D eigenvalue weighted by Crippen LogP contribution is -2.31. The summed E-state index contributed by atoms with van der Waals surface area (Å²) in [5.74, 6) is 1.92. The van der Waals surface area contributed by atoms with Crippen molar-refractivity contribution >= 4 is 16.9 Å². The van der Waals surface area contributed by atoms with Gasteiger partial charge in [-0.25, -0.2) is 0 Å². The predicted molar refractivity (Wildman–Crippen MR) is 78.3 cm³/mol. The van der Waals surface area contributed by atoms with Crippen molar-refractivity contribution in [1.29, 1.82) is 0 Å². The number of benzene rings is 1. The molecule has 0 aromatic heterocycles. The Bertz CT molecular complexity index is 430. The fraction of sp³-hybridized carbons (Fsp3) is 0.500. The quantitative estimate of drug-likeness (QED) is 0.908. The van der Waals surface area contributed by atoms with Crippen molar-refractivity contribution in [3.05, 3.63) is 29.8 Å². The van der Waals surface area contributed by atoms with Crippen molar-refractivity contribution in [2.75, 3.05) is 12.9 Å². The topological polar surface area (TPSA) is 47.6 Å². The lowest BCUT2D eigenvalue weighted by atomic mass is 9.83. The number of methoxy groups -OCH3 is 1. The van der Waals surface area contributed by atoms with Gasteiger partial charge in [-0.2, -0.15) is 0 Å². The number of thioether (sulfide) groups is 1. The Labute approximate surface area is 113 Å². The van der Waals surface area contributed by atoms with Gasteiger partial charge in [-0.3, -0.25) is 4.99 Å². The molecule has 1 heterocycles. The highest BCUT2D eigenvalue weighted by Gasteiger charge is 2.33. The largest absolute Gasteiger partial charge is 0.497 e. The van der Waals surface area contributed by atoms with Crippen molar-refractivity contribution < 1.29 is 4.74 Å². The summed E-state index contributed by atoms with van der Waals surface area (Å²) < 4.78 is 5.21. The van der Waals surface area contributed by atoms with Gasteiger partial charge in [-0.1, -0.05) is 37.2 Å². The van der Waals surface area contributed by atoms with E-state index in [9.17, 15) is 0 Å². The van der Waals surface area contributed by atoms with Crippen LogP contribution in [0.5, 0.6) is 5.75 Å². The van der Waals surface area contributed by atoms with Crippen LogP contribution in [0.4, 0.5) is 0 Å². The normalized spacial score (nSPS) is 23.6. The molecule has 2 N–H and O–H groups in total. The number of hydrogen-bond donors (Lipinski definition) is 1. The lowest BCUT2D eigenvalue weighted by Gasteiger charge is -2.33. The third-order valence-corrected chi connectivity index (χ3v) is 4.18. The zero-order valence-corrected chi connectivity index (χ0v) is 11.8. The lowest BCUT2D eigenvalue weighted by molar-refractivity contribution is 0.391. The molecule has 1 aromatic rings. The predicted octanol–water partition coefficient (Wildman–Crippen LogP) is 3.14. The average molecular weight is 264 g/mol. The van der Waals surface area contributed by atoms with Gasteiger partial charge in [0.1, 0.15) is 5.75 Å². The highest BCUT2D eigenvalue weighted by atomic mass is 32.2. The van der Waals surface area contributed by atoms with E-state index in [0.29, 0.717) is 5.17 Å². The maximum atomic E-state index is 5.92. The van der Waals surface area contributed by atoms with Gasteiger partial charge in [0.2, 0.25) is 0 Å². The Hall–Kier alpha value is -1.16. The molecule has 1 aliphatic rings. The van der Waals surface area contributed by atoms with Gasteiger partial charge in [0, 0.05) is 5.75 Å². The van der Waals surface area contributed by atoms with Gasteiger partial charge >= 0.3 is 0 Å². The van der Waals surface area contributed by atoms with Crippen LogP contribution in [0.3, 0.4) is 0 Å². The fourth-order valence-electron chi connectivity index (χ4n) is 2.47. The maximum Gasteiger partial charge on any atom is 0.154 e. The fourth-order valence-corrected chi connectivity index (χ4v) is 3.36. The number of ether oxygens (including phenoxy) is 1. The van der Waals surface area contributed by atoms with Crippen LogP contribution in [-0.2, 0) is 5.54 Å². The van der Waals surface area contributed by atoms with Crippen LogP contribution in [0, 0.1) is 0 Å². The molecule has 0 saturated heterocycles. The van der Waals surface area contributed by atoms with Crippen molar-refractivity contribution in [3.8, 4) is 5.75 Å². The molecule has 0 amide bonds. The molecule has 98 valence electrons. The Kier molecular flexibility index (Phi) is 4.17. The number of hydrogen-bond acceptors (Lipinski definition) is 4. The highest BCUT2D eigenvalue weighted by molar-refractivity contribution is 8.13. The van der Waals surface area contributed by atoms with E-state index in [0.717, 1.165) is 30.8 Å². The Morgan fingerprint density at radius 3 is 2.67 bits per heavy atom. The summed E-state index contributed by atoms with van der Waals surface area (Å²) in [4.78, 5) is 4.75. The number of rotatable bonds is 4. The molecule has 1 aliphatic heterocycles. The van der Waals surface area contributed by atoms with Crippen LogP contribution in [0.25, 0.3) is 0 Å². The molecule has 1 atom stereocenters. The molecule has 4 heteroatoms. The van der Waals surface area contributed by atoms with Gasteiger partial charge < -0.3 is 10.5 Å². The molecule has 0 aliphatic carbocycles. The van der Waals surface area contributed by atoms with Gasteiger partial charge in [0.15, 0.2) is 5.17 Å². The molecule has 0 unspecified atom stereocenters. The van der Waals surface area contributed by atoms with Crippen LogP contribution in [0.1, 0.15) is 31.7 Å². The number of nitrogens with two attached hydrogens (primary N) is 1. The monoisotopic (exact) mass is 264 g/mol. The van der Waals surface area contributed by atoms with Gasteiger partial charge in [-0.15, -0.1) is 0 Å².